The highest BCUT2D eigenvalue weighted by molar-refractivity contribution is 14.1. The molecule has 98 valence electrons. The van der Waals surface area contributed by atoms with E-state index in [9.17, 15) is 4.79 Å². The van der Waals surface area contributed by atoms with Gasteiger partial charge in [0.05, 0.1) is 0 Å². The highest BCUT2D eigenvalue weighted by Gasteiger charge is 2.12. The van der Waals surface area contributed by atoms with Crippen molar-refractivity contribution in [2.45, 2.75) is 6.54 Å². The molecule has 4 heteroatoms. The number of amides is 1. The standard InChI is InChI=1S/C15H15IN2O/c1-18(10-11-5-7-14(17)8-6-11)15(19)12-3-2-4-13(16)9-12/h2-9H,10,17H2,1H3. The molecule has 1 amide bonds. The zero-order valence-electron chi connectivity index (χ0n) is 10.6. The molecule has 2 aromatic carbocycles. The maximum atomic E-state index is 12.3. The van der Waals surface area contributed by atoms with Crippen LogP contribution in [-0.4, -0.2) is 17.9 Å². The molecule has 2 aromatic rings. The number of nitrogens with two attached hydrogens (primary N) is 1. The number of carbonyl (C=O) groups is 1. The molecule has 0 aliphatic carbocycles. The first-order valence-electron chi connectivity index (χ1n) is 5.92. The summed E-state index contributed by atoms with van der Waals surface area (Å²) >= 11 is 2.20. The van der Waals surface area contributed by atoms with Crippen LogP contribution in [0, 0.1) is 3.57 Å². The van der Waals surface area contributed by atoms with Crippen molar-refractivity contribution in [1.82, 2.24) is 4.90 Å². The van der Waals surface area contributed by atoms with Crippen LogP contribution in [0.25, 0.3) is 0 Å². The highest BCUT2D eigenvalue weighted by atomic mass is 127. The Morgan fingerprint density at radius 3 is 2.53 bits per heavy atom. The van der Waals surface area contributed by atoms with Gasteiger partial charge in [0.1, 0.15) is 0 Å². The Bertz CT molecular complexity index is 581. The molecule has 0 saturated carbocycles. The first-order valence-corrected chi connectivity index (χ1v) is 6.99. The van der Waals surface area contributed by atoms with Gasteiger partial charge in [0.15, 0.2) is 0 Å². The van der Waals surface area contributed by atoms with Gasteiger partial charge in [-0.1, -0.05) is 18.2 Å². The minimum Gasteiger partial charge on any atom is -0.399 e. The van der Waals surface area contributed by atoms with E-state index < -0.39 is 0 Å². The summed E-state index contributed by atoms with van der Waals surface area (Å²) < 4.78 is 1.06. The lowest BCUT2D eigenvalue weighted by Crippen LogP contribution is -2.26. The van der Waals surface area contributed by atoms with Gasteiger partial charge in [-0.05, 0) is 58.5 Å². The normalized spacial score (nSPS) is 10.2. The van der Waals surface area contributed by atoms with E-state index in [1.165, 1.54) is 0 Å². The van der Waals surface area contributed by atoms with Crippen molar-refractivity contribution >= 4 is 34.2 Å². The van der Waals surface area contributed by atoms with Gasteiger partial charge in [0.2, 0.25) is 0 Å². The summed E-state index contributed by atoms with van der Waals surface area (Å²) in [5.74, 6) is 0.0235. The van der Waals surface area contributed by atoms with Gasteiger partial charge in [-0.15, -0.1) is 0 Å². The van der Waals surface area contributed by atoms with Gasteiger partial charge in [-0.25, -0.2) is 0 Å². The van der Waals surface area contributed by atoms with E-state index >= 15 is 0 Å². The van der Waals surface area contributed by atoms with Crippen LogP contribution in [0.2, 0.25) is 0 Å². The van der Waals surface area contributed by atoms with E-state index in [1.54, 1.807) is 11.9 Å². The average Bonchev–Trinajstić information content (AvgIpc) is 2.40. The van der Waals surface area contributed by atoms with E-state index in [-0.39, 0.29) is 5.91 Å². The van der Waals surface area contributed by atoms with Crippen molar-refractivity contribution < 1.29 is 4.79 Å². The van der Waals surface area contributed by atoms with Gasteiger partial charge in [0.25, 0.3) is 5.91 Å². The van der Waals surface area contributed by atoms with E-state index in [0.29, 0.717) is 12.1 Å². The van der Waals surface area contributed by atoms with Crippen molar-refractivity contribution in [3.63, 3.8) is 0 Å². The van der Waals surface area contributed by atoms with E-state index in [4.69, 9.17) is 5.73 Å². The largest absolute Gasteiger partial charge is 0.399 e. The van der Waals surface area contributed by atoms with Gasteiger partial charge in [0, 0.05) is 28.4 Å². The molecule has 0 unspecified atom stereocenters. The second-order valence-electron chi connectivity index (χ2n) is 4.41. The summed E-state index contributed by atoms with van der Waals surface area (Å²) in [6.07, 6.45) is 0. The number of rotatable bonds is 3. The summed E-state index contributed by atoms with van der Waals surface area (Å²) in [6, 6.07) is 15.2. The summed E-state index contributed by atoms with van der Waals surface area (Å²) in [7, 11) is 1.80. The molecule has 2 rings (SSSR count). The number of hydrogen-bond acceptors (Lipinski definition) is 2. The van der Waals surface area contributed by atoms with Crippen molar-refractivity contribution in [2.75, 3.05) is 12.8 Å². The van der Waals surface area contributed by atoms with Crippen LogP contribution in [0.4, 0.5) is 5.69 Å². The minimum atomic E-state index is 0.0235. The van der Waals surface area contributed by atoms with Crippen LogP contribution >= 0.6 is 22.6 Å². The molecule has 0 saturated heterocycles. The molecule has 2 N–H and O–H groups in total. The van der Waals surface area contributed by atoms with Crippen LogP contribution in [0.15, 0.2) is 48.5 Å². The second kappa shape index (κ2) is 6.06. The third-order valence-electron chi connectivity index (χ3n) is 2.82. The maximum Gasteiger partial charge on any atom is 0.253 e. The molecule has 19 heavy (non-hydrogen) atoms. The zero-order valence-corrected chi connectivity index (χ0v) is 12.8. The van der Waals surface area contributed by atoms with E-state index in [1.807, 2.05) is 48.5 Å². The van der Waals surface area contributed by atoms with E-state index in [0.717, 1.165) is 14.8 Å². The molecule has 0 bridgehead atoms. The topological polar surface area (TPSA) is 46.3 Å². The van der Waals surface area contributed by atoms with Gasteiger partial charge >= 0.3 is 0 Å². The Balaban J connectivity index is 2.09. The highest BCUT2D eigenvalue weighted by Crippen LogP contribution is 2.12. The molecular formula is C15H15IN2O. The predicted octanol–water partition coefficient (Wildman–Crippen LogP) is 3.15. The summed E-state index contributed by atoms with van der Waals surface area (Å²) in [5, 5.41) is 0. The fourth-order valence-corrected chi connectivity index (χ4v) is 2.35. The zero-order chi connectivity index (χ0) is 13.8. The first kappa shape index (κ1) is 13.9. The van der Waals surface area contributed by atoms with Crippen molar-refractivity contribution in [2.24, 2.45) is 0 Å². The minimum absolute atomic E-state index is 0.0235. The Hall–Kier alpha value is -1.56. The smallest absolute Gasteiger partial charge is 0.253 e. The predicted molar refractivity (Wildman–Crippen MR) is 85.8 cm³/mol. The third kappa shape index (κ3) is 3.70. The monoisotopic (exact) mass is 366 g/mol. The van der Waals surface area contributed by atoms with Crippen LogP contribution in [-0.2, 0) is 6.54 Å². The van der Waals surface area contributed by atoms with Crippen LogP contribution in [0.3, 0.4) is 0 Å². The molecule has 0 atom stereocenters. The number of halogens is 1. The number of hydrogen-bond donors (Lipinski definition) is 1. The number of anilines is 1. The second-order valence-corrected chi connectivity index (χ2v) is 5.66. The van der Waals surface area contributed by atoms with E-state index in [2.05, 4.69) is 22.6 Å². The molecule has 0 radical (unpaired) electrons. The molecule has 0 heterocycles. The van der Waals surface area contributed by atoms with Gasteiger partial charge in [-0.2, -0.15) is 0 Å². The lowest BCUT2D eigenvalue weighted by molar-refractivity contribution is 0.0785. The Labute approximate surface area is 126 Å². The molecule has 0 aromatic heterocycles. The fraction of sp³-hybridized carbons (Fsp3) is 0.133. The van der Waals surface area contributed by atoms with Crippen LogP contribution in [0.1, 0.15) is 15.9 Å². The summed E-state index contributed by atoms with van der Waals surface area (Å²) in [6.45, 7) is 0.574. The molecule has 0 aliphatic heterocycles. The molecule has 0 spiro atoms. The van der Waals surface area contributed by atoms with Crippen LogP contribution in [0.5, 0.6) is 0 Å². The quantitative estimate of drug-likeness (QED) is 0.670. The van der Waals surface area contributed by atoms with Gasteiger partial charge in [-0.3, -0.25) is 4.79 Å². The molecule has 3 nitrogen and oxygen atoms in total. The Morgan fingerprint density at radius 1 is 1.21 bits per heavy atom. The number of carbonyl (C=O) groups excluding carboxylic acids is 1. The summed E-state index contributed by atoms with van der Waals surface area (Å²) in [4.78, 5) is 14.0. The van der Waals surface area contributed by atoms with Crippen molar-refractivity contribution in [1.29, 1.82) is 0 Å². The fourth-order valence-electron chi connectivity index (χ4n) is 1.81. The molecule has 0 aliphatic rings. The first-order chi connectivity index (χ1) is 9.06. The average molecular weight is 366 g/mol. The van der Waals surface area contributed by atoms with Crippen LogP contribution < -0.4 is 5.73 Å². The number of benzene rings is 2. The van der Waals surface area contributed by atoms with Gasteiger partial charge < -0.3 is 10.6 Å². The lowest BCUT2D eigenvalue weighted by Gasteiger charge is -2.17. The van der Waals surface area contributed by atoms with Crippen molar-refractivity contribution in [3.05, 3.63) is 63.2 Å². The number of nitrogens with zero attached hydrogens (tertiary/aromatic N) is 1. The Kier molecular flexibility index (Phi) is 4.42. The molecule has 0 fully saturated rings. The number of nitrogen functional groups attached to an aromatic ring is 1. The SMILES string of the molecule is CN(Cc1ccc(N)cc1)C(=O)c1cccc(I)c1. The lowest BCUT2D eigenvalue weighted by atomic mass is 10.1. The molecular weight excluding hydrogens is 351 g/mol. The van der Waals surface area contributed by atoms with Crippen molar-refractivity contribution in [3.8, 4) is 0 Å². The summed E-state index contributed by atoms with van der Waals surface area (Å²) in [5.41, 5.74) is 8.15. The Morgan fingerprint density at radius 2 is 1.89 bits per heavy atom. The maximum absolute atomic E-state index is 12.3. The third-order valence-corrected chi connectivity index (χ3v) is 3.49.